The van der Waals surface area contributed by atoms with Crippen LogP contribution in [-0.4, -0.2) is 5.78 Å². The van der Waals surface area contributed by atoms with E-state index in [2.05, 4.69) is 0 Å². The van der Waals surface area contributed by atoms with Crippen molar-refractivity contribution in [3.63, 3.8) is 0 Å². The zero-order valence-corrected chi connectivity index (χ0v) is 10.5. The molecule has 0 aliphatic carbocycles. The molecule has 0 aromatic heterocycles. The first-order chi connectivity index (χ1) is 9.30. The standard InChI is InChI=1S/C15H10F4O/c1-9-6-7-11(13(16)8-9)14(20)10-4-2-3-5-12(10)15(17,18)19/h2-8H,1H3. The number of hydrogen-bond donors (Lipinski definition) is 0. The van der Waals surface area contributed by atoms with Crippen LogP contribution in [0.4, 0.5) is 17.6 Å². The molecule has 0 aliphatic heterocycles. The van der Waals surface area contributed by atoms with Crippen LogP contribution >= 0.6 is 0 Å². The summed E-state index contributed by atoms with van der Waals surface area (Å²) in [5.74, 6) is -1.80. The summed E-state index contributed by atoms with van der Waals surface area (Å²) in [4.78, 5) is 12.1. The number of carbonyl (C=O) groups excluding carboxylic acids is 1. The van der Waals surface area contributed by atoms with E-state index in [0.29, 0.717) is 5.56 Å². The highest BCUT2D eigenvalue weighted by Crippen LogP contribution is 2.33. The van der Waals surface area contributed by atoms with Crippen LogP contribution < -0.4 is 0 Å². The van der Waals surface area contributed by atoms with Gasteiger partial charge in [-0.3, -0.25) is 4.79 Å². The normalized spacial score (nSPS) is 11.4. The monoisotopic (exact) mass is 282 g/mol. The van der Waals surface area contributed by atoms with E-state index in [0.717, 1.165) is 18.2 Å². The highest BCUT2D eigenvalue weighted by Gasteiger charge is 2.35. The summed E-state index contributed by atoms with van der Waals surface area (Å²) < 4.78 is 52.2. The maximum absolute atomic E-state index is 13.7. The molecule has 2 aromatic rings. The second-order valence-electron chi connectivity index (χ2n) is 4.36. The van der Waals surface area contributed by atoms with Crippen molar-refractivity contribution >= 4 is 5.78 Å². The number of benzene rings is 2. The Morgan fingerprint density at radius 1 is 1.00 bits per heavy atom. The molecule has 0 atom stereocenters. The van der Waals surface area contributed by atoms with Gasteiger partial charge in [-0.05, 0) is 30.7 Å². The third-order valence-electron chi connectivity index (χ3n) is 2.85. The summed E-state index contributed by atoms with van der Waals surface area (Å²) in [6, 6.07) is 8.14. The molecule has 0 aliphatic rings. The Morgan fingerprint density at radius 3 is 2.25 bits per heavy atom. The van der Waals surface area contributed by atoms with E-state index in [4.69, 9.17) is 0 Å². The molecule has 0 fully saturated rings. The lowest BCUT2D eigenvalue weighted by molar-refractivity contribution is -0.137. The SMILES string of the molecule is Cc1ccc(C(=O)c2ccccc2C(F)(F)F)c(F)c1. The Labute approximate surface area is 112 Å². The molecule has 5 heteroatoms. The molecule has 0 saturated carbocycles. The lowest BCUT2D eigenvalue weighted by atomic mass is 9.97. The number of carbonyl (C=O) groups is 1. The van der Waals surface area contributed by atoms with Crippen molar-refractivity contribution in [3.8, 4) is 0 Å². The van der Waals surface area contributed by atoms with Crippen molar-refractivity contribution in [3.05, 3.63) is 70.5 Å². The van der Waals surface area contributed by atoms with Crippen LogP contribution in [0.3, 0.4) is 0 Å². The molecule has 2 rings (SSSR count). The second kappa shape index (κ2) is 5.07. The minimum absolute atomic E-state index is 0.368. The molecule has 104 valence electrons. The first kappa shape index (κ1) is 14.2. The maximum Gasteiger partial charge on any atom is 0.417 e. The number of aryl methyl sites for hydroxylation is 1. The molecular formula is C15H10F4O. The first-order valence-corrected chi connectivity index (χ1v) is 5.78. The predicted molar refractivity (Wildman–Crippen MR) is 66.0 cm³/mol. The topological polar surface area (TPSA) is 17.1 Å². The molecule has 0 amide bonds. The number of alkyl halides is 3. The number of halogens is 4. The molecular weight excluding hydrogens is 272 g/mol. The van der Waals surface area contributed by atoms with Gasteiger partial charge in [-0.1, -0.05) is 24.3 Å². The van der Waals surface area contributed by atoms with Gasteiger partial charge in [0, 0.05) is 5.56 Å². The Morgan fingerprint density at radius 2 is 1.65 bits per heavy atom. The fraction of sp³-hybridized carbons (Fsp3) is 0.133. The van der Waals surface area contributed by atoms with Crippen molar-refractivity contribution in [2.24, 2.45) is 0 Å². The highest BCUT2D eigenvalue weighted by molar-refractivity contribution is 6.10. The summed E-state index contributed by atoms with van der Waals surface area (Å²) in [6.45, 7) is 1.63. The molecule has 20 heavy (non-hydrogen) atoms. The fourth-order valence-electron chi connectivity index (χ4n) is 1.88. The van der Waals surface area contributed by atoms with Crippen molar-refractivity contribution in [1.29, 1.82) is 0 Å². The van der Waals surface area contributed by atoms with Crippen LogP contribution in [0.2, 0.25) is 0 Å². The fourth-order valence-corrected chi connectivity index (χ4v) is 1.88. The number of ketones is 1. The van der Waals surface area contributed by atoms with Crippen molar-refractivity contribution in [2.75, 3.05) is 0 Å². The third-order valence-corrected chi connectivity index (χ3v) is 2.85. The second-order valence-corrected chi connectivity index (χ2v) is 4.36. The van der Waals surface area contributed by atoms with Gasteiger partial charge in [0.15, 0.2) is 5.78 Å². The molecule has 0 N–H and O–H groups in total. The van der Waals surface area contributed by atoms with Gasteiger partial charge in [0.1, 0.15) is 5.82 Å². The molecule has 0 unspecified atom stereocenters. The van der Waals surface area contributed by atoms with E-state index in [1.807, 2.05) is 0 Å². The Bertz CT molecular complexity index is 659. The Kier molecular flexibility index (Phi) is 3.61. The Balaban J connectivity index is 2.55. The van der Waals surface area contributed by atoms with E-state index in [1.54, 1.807) is 6.92 Å². The van der Waals surface area contributed by atoms with E-state index in [1.165, 1.54) is 24.3 Å². The Hall–Kier alpha value is -2.17. The third kappa shape index (κ3) is 2.71. The average molecular weight is 282 g/mol. The minimum Gasteiger partial charge on any atom is -0.288 e. The van der Waals surface area contributed by atoms with Crippen molar-refractivity contribution in [2.45, 2.75) is 13.1 Å². The molecule has 0 radical (unpaired) electrons. The van der Waals surface area contributed by atoms with E-state index in [-0.39, 0.29) is 5.56 Å². The molecule has 2 aromatic carbocycles. The van der Waals surface area contributed by atoms with Gasteiger partial charge in [0.25, 0.3) is 0 Å². The van der Waals surface area contributed by atoms with Gasteiger partial charge in [0.2, 0.25) is 0 Å². The summed E-state index contributed by atoms with van der Waals surface area (Å²) in [5.41, 5.74) is -1.40. The summed E-state index contributed by atoms with van der Waals surface area (Å²) >= 11 is 0. The molecule has 1 nitrogen and oxygen atoms in total. The smallest absolute Gasteiger partial charge is 0.288 e. The summed E-state index contributed by atoms with van der Waals surface area (Å²) in [6.07, 6.45) is -4.66. The van der Waals surface area contributed by atoms with Crippen molar-refractivity contribution in [1.82, 2.24) is 0 Å². The van der Waals surface area contributed by atoms with Gasteiger partial charge in [-0.15, -0.1) is 0 Å². The zero-order valence-electron chi connectivity index (χ0n) is 10.5. The molecule has 0 spiro atoms. The van der Waals surface area contributed by atoms with Crippen LogP contribution in [0.5, 0.6) is 0 Å². The lowest BCUT2D eigenvalue weighted by Gasteiger charge is -2.12. The van der Waals surface area contributed by atoms with Crippen LogP contribution in [0, 0.1) is 12.7 Å². The zero-order chi connectivity index (χ0) is 14.9. The van der Waals surface area contributed by atoms with Crippen LogP contribution in [0.15, 0.2) is 42.5 Å². The predicted octanol–water partition coefficient (Wildman–Crippen LogP) is 4.38. The first-order valence-electron chi connectivity index (χ1n) is 5.78. The maximum atomic E-state index is 13.7. The summed E-state index contributed by atoms with van der Waals surface area (Å²) in [7, 11) is 0. The highest BCUT2D eigenvalue weighted by atomic mass is 19.4. The van der Waals surface area contributed by atoms with E-state index >= 15 is 0 Å². The van der Waals surface area contributed by atoms with Gasteiger partial charge >= 0.3 is 6.18 Å². The number of rotatable bonds is 2. The van der Waals surface area contributed by atoms with E-state index in [9.17, 15) is 22.4 Å². The molecule has 0 bridgehead atoms. The van der Waals surface area contributed by atoms with Crippen LogP contribution in [-0.2, 0) is 6.18 Å². The van der Waals surface area contributed by atoms with Crippen LogP contribution in [0.1, 0.15) is 27.0 Å². The quantitative estimate of drug-likeness (QED) is 0.590. The minimum atomic E-state index is -4.66. The van der Waals surface area contributed by atoms with Gasteiger partial charge in [-0.25, -0.2) is 4.39 Å². The average Bonchev–Trinajstić information content (AvgIpc) is 2.37. The summed E-state index contributed by atoms with van der Waals surface area (Å²) in [5, 5.41) is 0. The molecule has 0 saturated heterocycles. The van der Waals surface area contributed by atoms with Crippen molar-refractivity contribution < 1.29 is 22.4 Å². The van der Waals surface area contributed by atoms with E-state index < -0.39 is 28.9 Å². The van der Waals surface area contributed by atoms with Crippen LogP contribution in [0.25, 0.3) is 0 Å². The van der Waals surface area contributed by atoms with Gasteiger partial charge in [-0.2, -0.15) is 13.2 Å². The lowest BCUT2D eigenvalue weighted by Crippen LogP contribution is -2.14. The largest absolute Gasteiger partial charge is 0.417 e. The van der Waals surface area contributed by atoms with Gasteiger partial charge < -0.3 is 0 Å². The van der Waals surface area contributed by atoms with Gasteiger partial charge in [0.05, 0.1) is 11.1 Å². The molecule has 0 heterocycles. The number of hydrogen-bond acceptors (Lipinski definition) is 1.